The number of halogens is 3. The van der Waals surface area contributed by atoms with Crippen molar-refractivity contribution in [3.8, 4) is 34.8 Å². The molecular weight excluding hydrogens is 578 g/mol. The zero-order valence-electron chi connectivity index (χ0n) is 23.2. The van der Waals surface area contributed by atoms with Crippen molar-refractivity contribution in [2.75, 3.05) is 31.6 Å². The molecule has 3 aromatic rings. The second-order valence-corrected chi connectivity index (χ2v) is 11.1. The summed E-state index contributed by atoms with van der Waals surface area (Å²) < 4.78 is 22.5. The Morgan fingerprint density at radius 1 is 1.24 bits per heavy atom. The van der Waals surface area contributed by atoms with E-state index in [4.69, 9.17) is 27.9 Å². The molecule has 1 aliphatic heterocycles. The van der Waals surface area contributed by atoms with Gasteiger partial charge >= 0.3 is 0 Å². The molecule has 1 saturated heterocycles. The Balaban J connectivity index is 1.85. The summed E-state index contributed by atoms with van der Waals surface area (Å²) in [5.74, 6) is 5.09. The number of nitriles is 1. The van der Waals surface area contributed by atoms with Gasteiger partial charge in [-0.3, -0.25) is 14.2 Å². The van der Waals surface area contributed by atoms with Crippen molar-refractivity contribution < 1.29 is 13.9 Å². The molecule has 0 bridgehead atoms. The number of fused-ring (bicyclic) bond motifs is 1. The Labute approximate surface area is 253 Å². The van der Waals surface area contributed by atoms with Gasteiger partial charge in [0, 0.05) is 47.6 Å². The van der Waals surface area contributed by atoms with Gasteiger partial charge in [0.1, 0.15) is 17.4 Å². The van der Waals surface area contributed by atoms with Crippen LogP contribution >= 0.6 is 23.2 Å². The highest BCUT2D eigenvalue weighted by atomic mass is 35.5. The number of methoxy groups -OCH3 is 1. The lowest BCUT2D eigenvalue weighted by Gasteiger charge is -2.42. The zero-order chi connectivity index (χ0) is 30.3. The normalized spacial score (nSPS) is 19.7. The minimum atomic E-state index is -0.714. The van der Waals surface area contributed by atoms with E-state index in [1.807, 2.05) is 24.8 Å². The van der Waals surface area contributed by atoms with Gasteiger partial charge in [-0.15, -0.1) is 0 Å². The zero-order valence-corrected chi connectivity index (χ0v) is 24.8. The van der Waals surface area contributed by atoms with Gasteiger partial charge in [-0.2, -0.15) is 5.26 Å². The summed E-state index contributed by atoms with van der Waals surface area (Å²) in [6.45, 7) is 8.51. The van der Waals surface area contributed by atoms with Crippen molar-refractivity contribution in [3.05, 3.63) is 80.9 Å². The summed E-state index contributed by atoms with van der Waals surface area (Å²) in [6.07, 6.45) is 4.77. The summed E-state index contributed by atoms with van der Waals surface area (Å²) >= 11 is 13.0. The maximum absolute atomic E-state index is 15.5. The molecule has 7 nitrogen and oxygen atoms in total. The maximum atomic E-state index is 15.5. The summed E-state index contributed by atoms with van der Waals surface area (Å²) in [5.41, 5.74) is 0.631. The number of ether oxygens (including phenoxy) is 1. The number of hydrogen-bond donors (Lipinski definition) is 0. The van der Waals surface area contributed by atoms with Crippen molar-refractivity contribution in [1.29, 1.82) is 5.26 Å². The van der Waals surface area contributed by atoms with Crippen LogP contribution in [0.25, 0.3) is 22.0 Å². The van der Waals surface area contributed by atoms with Gasteiger partial charge in [0.15, 0.2) is 5.82 Å². The standard InChI is InChI=1S/C32H27Cl2FN4O3/c1-5-28(40)37-12-13-38(19(3)17-37)31-21-14-24(34)20(29-27(42-4)11-10-23(33)30(29)35)15-26(21)39(32(41)22(31)16-36)25-9-7-6-8-18(25)2/h5,7,9-11,14-15,18-19,25H,1,12-13,17H2,2-4H3/t18?,19-,25?/m0/s1. The van der Waals surface area contributed by atoms with E-state index in [0.29, 0.717) is 36.2 Å². The molecular formula is C32H27Cl2FN4O3. The summed E-state index contributed by atoms with van der Waals surface area (Å²) in [6, 6.07) is 7.64. The van der Waals surface area contributed by atoms with Gasteiger partial charge in [0.25, 0.3) is 5.56 Å². The molecule has 1 fully saturated rings. The number of piperazine rings is 1. The van der Waals surface area contributed by atoms with Gasteiger partial charge in [0.05, 0.1) is 34.9 Å². The first kappa shape index (κ1) is 29.3. The van der Waals surface area contributed by atoms with Crippen molar-refractivity contribution in [2.45, 2.75) is 25.9 Å². The molecule has 42 heavy (non-hydrogen) atoms. The van der Waals surface area contributed by atoms with Gasteiger partial charge < -0.3 is 14.5 Å². The van der Waals surface area contributed by atoms with Crippen LogP contribution in [0.4, 0.5) is 10.1 Å². The van der Waals surface area contributed by atoms with Crippen LogP contribution in [-0.4, -0.2) is 48.2 Å². The van der Waals surface area contributed by atoms with E-state index in [1.54, 1.807) is 29.2 Å². The Morgan fingerprint density at radius 3 is 2.64 bits per heavy atom. The van der Waals surface area contributed by atoms with Gasteiger partial charge in [-0.25, -0.2) is 4.39 Å². The fourth-order valence-corrected chi connectivity index (χ4v) is 6.18. The first-order valence-electron chi connectivity index (χ1n) is 13.3. The average Bonchev–Trinajstić information content (AvgIpc) is 2.98. The Kier molecular flexibility index (Phi) is 8.06. The molecule has 0 N–H and O–H groups in total. The smallest absolute Gasteiger partial charge is 0.271 e. The van der Waals surface area contributed by atoms with Crippen molar-refractivity contribution in [1.82, 2.24) is 9.47 Å². The number of benzene rings is 2. The van der Waals surface area contributed by atoms with E-state index < -0.39 is 17.4 Å². The number of carbonyl (C=O) groups is 1. The number of aromatic nitrogens is 1. The molecule has 2 heterocycles. The third-order valence-corrected chi connectivity index (χ3v) is 8.43. The molecule has 1 aromatic heterocycles. The monoisotopic (exact) mass is 604 g/mol. The van der Waals surface area contributed by atoms with E-state index in [-0.39, 0.29) is 50.4 Å². The van der Waals surface area contributed by atoms with E-state index >= 15 is 4.39 Å². The van der Waals surface area contributed by atoms with Gasteiger partial charge in [0.2, 0.25) is 5.91 Å². The van der Waals surface area contributed by atoms with Crippen LogP contribution < -0.4 is 15.2 Å². The van der Waals surface area contributed by atoms with Crippen LogP contribution in [0, 0.1) is 34.9 Å². The maximum Gasteiger partial charge on any atom is 0.271 e. The molecule has 0 saturated carbocycles. The Hall–Kier alpha value is -4.24. The minimum Gasteiger partial charge on any atom is -0.496 e. The lowest BCUT2D eigenvalue weighted by molar-refractivity contribution is -0.126. The molecule has 214 valence electrons. The number of nitrogens with zero attached hydrogens (tertiary/aromatic N) is 4. The van der Waals surface area contributed by atoms with Crippen LogP contribution in [-0.2, 0) is 4.79 Å². The van der Waals surface area contributed by atoms with Gasteiger partial charge in [-0.1, -0.05) is 47.7 Å². The highest BCUT2D eigenvalue weighted by Gasteiger charge is 2.33. The molecule has 1 aliphatic carbocycles. The lowest BCUT2D eigenvalue weighted by atomic mass is 9.95. The van der Waals surface area contributed by atoms with Crippen LogP contribution in [0.1, 0.15) is 25.5 Å². The van der Waals surface area contributed by atoms with Crippen LogP contribution in [0.3, 0.4) is 0 Å². The number of carbonyl (C=O) groups excluding carboxylic acids is 1. The second-order valence-electron chi connectivity index (χ2n) is 10.3. The molecule has 3 atom stereocenters. The summed E-state index contributed by atoms with van der Waals surface area (Å²) in [4.78, 5) is 30.2. The second kappa shape index (κ2) is 11.6. The van der Waals surface area contributed by atoms with E-state index in [1.165, 1.54) is 23.8 Å². The molecule has 1 amide bonds. The van der Waals surface area contributed by atoms with E-state index in [2.05, 4.69) is 24.5 Å². The lowest BCUT2D eigenvalue weighted by Crippen LogP contribution is -2.54. The highest BCUT2D eigenvalue weighted by molar-refractivity contribution is 6.35. The van der Waals surface area contributed by atoms with Crippen molar-refractivity contribution in [2.24, 2.45) is 5.92 Å². The molecule has 2 aliphatic rings. The first-order valence-corrected chi connectivity index (χ1v) is 14.1. The van der Waals surface area contributed by atoms with Crippen LogP contribution in [0.5, 0.6) is 5.75 Å². The predicted molar refractivity (Wildman–Crippen MR) is 164 cm³/mol. The fourth-order valence-electron chi connectivity index (χ4n) is 5.76. The number of anilines is 1. The van der Waals surface area contributed by atoms with E-state index in [9.17, 15) is 14.9 Å². The number of amides is 1. The number of pyridine rings is 1. The number of allylic oxidation sites excluding steroid dienone is 2. The molecule has 0 radical (unpaired) electrons. The molecule has 0 spiro atoms. The summed E-state index contributed by atoms with van der Waals surface area (Å²) in [7, 11) is 1.42. The first-order chi connectivity index (χ1) is 20.1. The third-order valence-electron chi connectivity index (χ3n) is 7.83. The molecule has 5 rings (SSSR count). The molecule has 2 aromatic carbocycles. The average molecular weight is 605 g/mol. The largest absolute Gasteiger partial charge is 0.496 e. The molecule has 2 unspecified atom stereocenters. The van der Waals surface area contributed by atoms with E-state index in [0.717, 1.165) is 0 Å². The molecule has 10 heteroatoms. The number of rotatable bonds is 5. The van der Waals surface area contributed by atoms with Crippen LogP contribution in [0.15, 0.2) is 53.9 Å². The quantitative estimate of drug-likeness (QED) is 0.265. The summed E-state index contributed by atoms with van der Waals surface area (Å²) in [5, 5.41) is 11.0. The SMILES string of the molecule is C=CC(=O)N1CCN(c2c(C#N)c(=O)n(C3C=CC#CC3C)c3cc(-c4c(OC)ccc(Cl)c4F)c(Cl)cc23)[C@@H](C)C1. The van der Waals surface area contributed by atoms with Crippen LogP contribution in [0.2, 0.25) is 10.0 Å². The Morgan fingerprint density at radius 2 is 2.00 bits per heavy atom. The fraction of sp³-hybridized carbons (Fsp3) is 0.281. The number of hydrogen-bond acceptors (Lipinski definition) is 5. The van der Waals surface area contributed by atoms with Gasteiger partial charge in [-0.05, 0) is 50.3 Å². The highest BCUT2D eigenvalue weighted by Crippen LogP contribution is 2.44. The Bertz CT molecular complexity index is 1830. The minimum absolute atomic E-state index is 0.0488. The van der Waals surface area contributed by atoms with Crippen molar-refractivity contribution in [3.63, 3.8) is 0 Å². The van der Waals surface area contributed by atoms with Crippen molar-refractivity contribution >= 4 is 45.7 Å². The third kappa shape index (κ3) is 4.81. The predicted octanol–water partition coefficient (Wildman–Crippen LogP) is 5.97. The topological polar surface area (TPSA) is 78.6 Å².